The Morgan fingerprint density at radius 1 is 1.07 bits per heavy atom. The molecule has 4 aromatic rings. The van der Waals surface area contributed by atoms with Crippen molar-refractivity contribution in [2.45, 2.75) is 38.8 Å². The molecule has 0 amide bonds. The van der Waals surface area contributed by atoms with E-state index >= 15 is 0 Å². The molecule has 1 aromatic carbocycles. The molecule has 0 aliphatic heterocycles. The lowest BCUT2D eigenvalue weighted by Gasteiger charge is -2.24. The number of aryl methyl sites for hydroxylation is 1. The van der Waals surface area contributed by atoms with Gasteiger partial charge in [0.15, 0.2) is 5.82 Å². The summed E-state index contributed by atoms with van der Waals surface area (Å²) in [4.78, 5) is 4.45. The third-order valence-electron chi connectivity index (χ3n) is 5.54. The quantitative estimate of drug-likeness (QED) is 0.566. The van der Waals surface area contributed by atoms with E-state index < -0.39 is 0 Å². The maximum absolute atomic E-state index is 4.62. The van der Waals surface area contributed by atoms with Crippen LogP contribution in [0, 0.1) is 6.92 Å². The van der Waals surface area contributed by atoms with Gasteiger partial charge in [0.2, 0.25) is 0 Å². The first-order chi connectivity index (χ1) is 14.3. The highest BCUT2D eigenvalue weighted by Gasteiger charge is 2.24. The Kier molecular flexibility index (Phi) is 4.69. The van der Waals surface area contributed by atoms with Gasteiger partial charge in [0.1, 0.15) is 0 Å². The topological polar surface area (TPSA) is 60.6 Å². The first-order valence-electron chi connectivity index (χ1n) is 10.1. The molecule has 3 aromatic heterocycles. The Hall–Kier alpha value is -3.25. The fraction of sp³-hybridized carbons (Fsp3) is 0.261. The molecule has 0 radical (unpaired) electrons. The van der Waals surface area contributed by atoms with Crippen molar-refractivity contribution in [3.63, 3.8) is 0 Å². The molecule has 6 heteroatoms. The summed E-state index contributed by atoms with van der Waals surface area (Å²) in [5, 5.41) is 12.8. The average molecular weight is 384 g/mol. The Labute approximate surface area is 170 Å². The van der Waals surface area contributed by atoms with Crippen molar-refractivity contribution in [3.05, 3.63) is 89.6 Å². The second kappa shape index (κ2) is 7.64. The maximum Gasteiger partial charge on any atom is 0.153 e. The van der Waals surface area contributed by atoms with Gasteiger partial charge in [-0.2, -0.15) is 10.2 Å². The first kappa shape index (κ1) is 17.8. The molecule has 146 valence electrons. The standard InChI is InChI=1S/C23H24N6/c1-17-8-10-19(11-9-17)28-16-18(14-26-28)13-25-21-5-4-6-22-20(21)15-27-29(22)23-7-2-3-12-24-23/h2-3,7-12,14-16,21,25H,4-6,13H2,1H3. The van der Waals surface area contributed by atoms with E-state index in [9.17, 15) is 0 Å². The molecule has 0 fully saturated rings. The third kappa shape index (κ3) is 3.59. The molecule has 1 aliphatic rings. The van der Waals surface area contributed by atoms with Crippen LogP contribution in [0.1, 0.15) is 41.3 Å². The first-order valence-corrected chi connectivity index (χ1v) is 10.1. The molecule has 1 unspecified atom stereocenters. The summed E-state index contributed by atoms with van der Waals surface area (Å²) in [6, 6.07) is 14.7. The van der Waals surface area contributed by atoms with Crippen molar-refractivity contribution in [2.75, 3.05) is 0 Å². The SMILES string of the molecule is Cc1ccc(-n2cc(CNC3CCCc4c3cnn4-c3ccccn3)cn2)cc1. The van der Waals surface area contributed by atoms with E-state index in [0.717, 1.165) is 37.3 Å². The van der Waals surface area contributed by atoms with Gasteiger partial charge in [0.25, 0.3) is 0 Å². The lowest BCUT2D eigenvalue weighted by molar-refractivity contribution is 0.454. The highest BCUT2D eigenvalue weighted by molar-refractivity contribution is 5.34. The summed E-state index contributed by atoms with van der Waals surface area (Å²) in [6.07, 6.45) is 11.1. The minimum atomic E-state index is 0.305. The molecule has 3 heterocycles. The smallest absolute Gasteiger partial charge is 0.153 e. The number of hydrogen-bond donors (Lipinski definition) is 1. The fourth-order valence-corrected chi connectivity index (χ4v) is 3.98. The zero-order valence-corrected chi connectivity index (χ0v) is 16.5. The average Bonchev–Trinajstić information content (AvgIpc) is 3.41. The van der Waals surface area contributed by atoms with Crippen LogP contribution in [0.2, 0.25) is 0 Å². The van der Waals surface area contributed by atoms with Gasteiger partial charge in [0, 0.05) is 36.1 Å². The molecule has 0 bridgehead atoms. The van der Waals surface area contributed by atoms with E-state index in [4.69, 9.17) is 0 Å². The third-order valence-corrected chi connectivity index (χ3v) is 5.54. The van der Waals surface area contributed by atoms with Crippen LogP contribution in [-0.2, 0) is 13.0 Å². The predicted octanol–water partition coefficient (Wildman–Crippen LogP) is 3.93. The molecule has 1 aliphatic carbocycles. The molecule has 0 spiro atoms. The van der Waals surface area contributed by atoms with Crippen molar-refractivity contribution < 1.29 is 0 Å². The summed E-state index contributed by atoms with van der Waals surface area (Å²) in [5.74, 6) is 0.883. The van der Waals surface area contributed by atoms with Crippen molar-refractivity contribution in [2.24, 2.45) is 0 Å². The summed E-state index contributed by atoms with van der Waals surface area (Å²) in [6.45, 7) is 2.88. The minimum Gasteiger partial charge on any atom is -0.306 e. The molecule has 1 atom stereocenters. The van der Waals surface area contributed by atoms with Crippen molar-refractivity contribution in [3.8, 4) is 11.5 Å². The monoisotopic (exact) mass is 384 g/mol. The van der Waals surface area contributed by atoms with E-state index in [0.29, 0.717) is 6.04 Å². The van der Waals surface area contributed by atoms with Crippen molar-refractivity contribution >= 4 is 0 Å². The van der Waals surface area contributed by atoms with Crippen molar-refractivity contribution in [1.29, 1.82) is 0 Å². The molecule has 6 nitrogen and oxygen atoms in total. The van der Waals surface area contributed by atoms with Gasteiger partial charge < -0.3 is 5.32 Å². The molecule has 29 heavy (non-hydrogen) atoms. The Morgan fingerprint density at radius 3 is 2.79 bits per heavy atom. The van der Waals surface area contributed by atoms with Gasteiger partial charge in [-0.25, -0.2) is 14.3 Å². The maximum atomic E-state index is 4.62. The number of pyridine rings is 1. The highest BCUT2D eigenvalue weighted by atomic mass is 15.3. The van der Waals surface area contributed by atoms with Gasteiger partial charge in [0.05, 0.1) is 23.8 Å². The van der Waals surface area contributed by atoms with Crippen molar-refractivity contribution in [1.82, 2.24) is 29.9 Å². The number of nitrogens with zero attached hydrogens (tertiary/aromatic N) is 5. The second-order valence-corrected chi connectivity index (χ2v) is 7.60. The highest BCUT2D eigenvalue weighted by Crippen LogP contribution is 2.31. The number of hydrogen-bond acceptors (Lipinski definition) is 4. The normalized spacial score (nSPS) is 16.0. The molecule has 0 saturated carbocycles. The lowest BCUT2D eigenvalue weighted by atomic mass is 9.93. The number of nitrogens with one attached hydrogen (secondary N) is 1. The summed E-state index contributed by atoms with van der Waals surface area (Å²) < 4.78 is 3.92. The number of aromatic nitrogens is 5. The lowest BCUT2D eigenvalue weighted by Crippen LogP contribution is -2.25. The zero-order chi connectivity index (χ0) is 19.6. The van der Waals surface area contributed by atoms with Crippen LogP contribution in [0.4, 0.5) is 0 Å². The van der Waals surface area contributed by atoms with Crippen LogP contribution in [0.5, 0.6) is 0 Å². The second-order valence-electron chi connectivity index (χ2n) is 7.60. The Bertz CT molecular complexity index is 1090. The van der Waals surface area contributed by atoms with Crippen LogP contribution in [0.15, 0.2) is 67.3 Å². The van der Waals surface area contributed by atoms with Gasteiger partial charge in [-0.05, 0) is 50.5 Å². The summed E-state index contributed by atoms with van der Waals surface area (Å²) in [5.41, 5.74) is 6.06. The van der Waals surface area contributed by atoms with Crippen LogP contribution < -0.4 is 5.32 Å². The summed E-state index contributed by atoms with van der Waals surface area (Å²) in [7, 11) is 0. The molecule has 0 saturated heterocycles. The number of benzene rings is 1. The van der Waals surface area contributed by atoms with E-state index in [1.165, 1.54) is 22.4 Å². The van der Waals surface area contributed by atoms with Gasteiger partial charge in [-0.3, -0.25) is 0 Å². The number of rotatable bonds is 5. The van der Waals surface area contributed by atoms with Crippen LogP contribution >= 0.6 is 0 Å². The van der Waals surface area contributed by atoms with E-state index in [1.54, 1.807) is 0 Å². The molecule has 1 N–H and O–H groups in total. The van der Waals surface area contributed by atoms with E-state index in [1.807, 2.05) is 46.2 Å². The molecular formula is C23H24N6. The van der Waals surface area contributed by atoms with Crippen LogP contribution in [0.3, 0.4) is 0 Å². The van der Waals surface area contributed by atoms with Crippen LogP contribution in [0.25, 0.3) is 11.5 Å². The zero-order valence-electron chi connectivity index (χ0n) is 16.5. The molecule has 5 rings (SSSR count). The largest absolute Gasteiger partial charge is 0.306 e. The number of fused-ring (bicyclic) bond motifs is 1. The minimum absolute atomic E-state index is 0.305. The van der Waals surface area contributed by atoms with Crippen LogP contribution in [-0.4, -0.2) is 24.5 Å². The fourth-order valence-electron chi connectivity index (χ4n) is 3.98. The van der Waals surface area contributed by atoms with Gasteiger partial charge in [-0.15, -0.1) is 0 Å². The van der Waals surface area contributed by atoms with E-state index in [2.05, 4.69) is 57.9 Å². The Balaban J connectivity index is 1.31. The summed E-state index contributed by atoms with van der Waals surface area (Å²) >= 11 is 0. The van der Waals surface area contributed by atoms with Gasteiger partial charge >= 0.3 is 0 Å². The van der Waals surface area contributed by atoms with Gasteiger partial charge in [-0.1, -0.05) is 23.8 Å². The molecular weight excluding hydrogens is 360 g/mol. The predicted molar refractivity (Wildman–Crippen MR) is 112 cm³/mol. The Morgan fingerprint density at radius 2 is 1.97 bits per heavy atom. The van der Waals surface area contributed by atoms with E-state index in [-0.39, 0.29) is 0 Å².